The minimum absolute atomic E-state index is 0.335. The van der Waals surface area contributed by atoms with Crippen LogP contribution < -0.4 is 10.6 Å². The fraction of sp³-hybridized carbons (Fsp3) is 0.500. The van der Waals surface area contributed by atoms with Crippen LogP contribution in [0.5, 0.6) is 0 Å². The predicted octanol–water partition coefficient (Wildman–Crippen LogP) is 1.01. The summed E-state index contributed by atoms with van der Waals surface area (Å²) in [6.07, 6.45) is 6.01. The van der Waals surface area contributed by atoms with Crippen LogP contribution in [-0.4, -0.2) is 24.1 Å². The van der Waals surface area contributed by atoms with E-state index in [1.165, 1.54) is 12.1 Å². The number of anilines is 1. The van der Waals surface area contributed by atoms with Crippen LogP contribution in [0.25, 0.3) is 0 Å². The van der Waals surface area contributed by atoms with Crippen LogP contribution in [0.2, 0.25) is 0 Å². The smallest absolute Gasteiger partial charge is 0.0397 e. The molecule has 1 fully saturated rings. The maximum Gasteiger partial charge on any atom is 0.0397 e. The lowest BCUT2D eigenvalue weighted by molar-refractivity contribution is 0.506. The Hall–Kier alpha value is -1.09. The van der Waals surface area contributed by atoms with Gasteiger partial charge in [-0.25, -0.2) is 0 Å². The molecule has 3 heteroatoms. The highest BCUT2D eigenvalue weighted by Crippen LogP contribution is 2.17. The van der Waals surface area contributed by atoms with Gasteiger partial charge in [-0.2, -0.15) is 0 Å². The van der Waals surface area contributed by atoms with Gasteiger partial charge in [-0.05, 0) is 25.0 Å². The van der Waals surface area contributed by atoms with E-state index in [1.807, 2.05) is 24.5 Å². The van der Waals surface area contributed by atoms with Crippen LogP contribution in [0.1, 0.15) is 12.8 Å². The third-order valence-electron chi connectivity index (χ3n) is 2.49. The summed E-state index contributed by atoms with van der Waals surface area (Å²) in [7, 11) is 0. The van der Waals surface area contributed by atoms with Crippen molar-refractivity contribution in [3.8, 4) is 0 Å². The van der Waals surface area contributed by atoms with Crippen LogP contribution in [0.4, 0.5) is 5.69 Å². The number of hydrogen-bond donors (Lipinski definition) is 1. The van der Waals surface area contributed by atoms with E-state index >= 15 is 0 Å². The van der Waals surface area contributed by atoms with Gasteiger partial charge in [0.1, 0.15) is 0 Å². The average molecular weight is 177 g/mol. The molecule has 1 atom stereocenters. The summed E-state index contributed by atoms with van der Waals surface area (Å²) < 4.78 is 0. The van der Waals surface area contributed by atoms with Gasteiger partial charge in [0, 0.05) is 37.2 Å². The summed E-state index contributed by atoms with van der Waals surface area (Å²) >= 11 is 0. The van der Waals surface area contributed by atoms with Crippen LogP contribution in [0, 0.1) is 0 Å². The summed E-state index contributed by atoms with van der Waals surface area (Å²) in [6, 6.07) is 4.41. The maximum atomic E-state index is 5.91. The Kier molecular flexibility index (Phi) is 2.45. The zero-order chi connectivity index (χ0) is 9.10. The first-order chi connectivity index (χ1) is 6.36. The second kappa shape index (κ2) is 3.75. The van der Waals surface area contributed by atoms with Crippen LogP contribution in [-0.2, 0) is 0 Å². The van der Waals surface area contributed by atoms with Gasteiger partial charge in [-0.15, -0.1) is 0 Å². The fourth-order valence-corrected chi connectivity index (χ4v) is 1.80. The highest BCUT2D eigenvalue weighted by molar-refractivity contribution is 5.45. The van der Waals surface area contributed by atoms with Gasteiger partial charge in [0.05, 0.1) is 0 Å². The van der Waals surface area contributed by atoms with Crippen molar-refractivity contribution >= 4 is 5.69 Å². The molecule has 0 radical (unpaired) electrons. The van der Waals surface area contributed by atoms with Crippen molar-refractivity contribution in [1.29, 1.82) is 0 Å². The first-order valence-electron chi connectivity index (χ1n) is 4.77. The van der Waals surface area contributed by atoms with E-state index in [0.717, 1.165) is 19.5 Å². The molecule has 2 heterocycles. The number of rotatable bonds is 1. The molecule has 0 saturated carbocycles. The Labute approximate surface area is 78.6 Å². The maximum absolute atomic E-state index is 5.91. The van der Waals surface area contributed by atoms with Crippen LogP contribution in [0.3, 0.4) is 0 Å². The molecule has 0 unspecified atom stereocenters. The number of piperidine rings is 1. The van der Waals surface area contributed by atoms with Crippen LogP contribution in [0.15, 0.2) is 24.5 Å². The molecule has 1 saturated heterocycles. The first-order valence-corrected chi connectivity index (χ1v) is 4.77. The molecule has 1 aliphatic heterocycles. The Bertz CT molecular complexity index is 260. The molecule has 0 aliphatic carbocycles. The van der Waals surface area contributed by atoms with Gasteiger partial charge in [-0.3, -0.25) is 4.98 Å². The van der Waals surface area contributed by atoms with E-state index in [2.05, 4.69) is 9.88 Å². The molecular weight excluding hydrogens is 162 g/mol. The normalized spacial score (nSPS) is 23.2. The summed E-state index contributed by atoms with van der Waals surface area (Å²) in [5, 5.41) is 0. The second-order valence-corrected chi connectivity index (χ2v) is 3.55. The standard InChI is InChI=1S/C10H15N3/c11-9-2-1-7-13(8-9)10-3-5-12-6-4-10/h3-6,9H,1-2,7-8,11H2/t9-/m1/s1. The van der Waals surface area contributed by atoms with E-state index in [0.29, 0.717) is 6.04 Å². The predicted molar refractivity (Wildman–Crippen MR) is 53.7 cm³/mol. The van der Waals surface area contributed by atoms with Crippen molar-refractivity contribution in [3.05, 3.63) is 24.5 Å². The summed E-state index contributed by atoms with van der Waals surface area (Å²) in [6.45, 7) is 2.10. The number of pyridine rings is 1. The molecule has 1 aromatic heterocycles. The van der Waals surface area contributed by atoms with Gasteiger partial charge in [-0.1, -0.05) is 0 Å². The second-order valence-electron chi connectivity index (χ2n) is 3.55. The topological polar surface area (TPSA) is 42.1 Å². The van der Waals surface area contributed by atoms with Crippen molar-refractivity contribution in [2.24, 2.45) is 5.73 Å². The van der Waals surface area contributed by atoms with Gasteiger partial charge in [0.25, 0.3) is 0 Å². The van der Waals surface area contributed by atoms with Gasteiger partial charge >= 0.3 is 0 Å². The highest BCUT2D eigenvalue weighted by atomic mass is 15.1. The highest BCUT2D eigenvalue weighted by Gasteiger charge is 2.16. The molecule has 1 aromatic rings. The molecule has 0 spiro atoms. The van der Waals surface area contributed by atoms with Crippen molar-refractivity contribution in [1.82, 2.24) is 4.98 Å². The lowest BCUT2D eigenvalue weighted by atomic mass is 10.1. The van der Waals surface area contributed by atoms with Crippen molar-refractivity contribution in [2.75, 3.05) is 18.0 Å². The lowest BCUT2D eigenvalue weighted by Gasteiger charge is -2.32. The number of nitrogens with zero attached hydrogens (tertiary/aromatic N) is 2. The molecule has 0 aromatic carbocycles. The van der Waals surface area contributed by atoms with E-state index in [1.54, 1.807) is 0 Å². The van der Waals surface area contributed by atoms with E-state index in [-0.39, 0.29) is 0 Å². The molecule has 2 rings (SSSR count). The molecule has 13 heavy (non-hydrogen) atoms. The van der Waals surface area contributed by atoms with Crippen molar-refractivity contribution < 1.29 is 0 Å². The Morgan fingerprint density at radius 3 is 2.85 bits per heavy atom. The average Bonchev–Trinajstić information content (AvgIpc) is 2.19. The van der Waals surface area contributed by atoms with Gasteiger partial charge in [0.2, 0.25) is 0 Å². The Morgan fingerprint density at radius 2 is 2.15 bits per heavy atom. The first kappa shape index (κ1) is 8.51. The minimum Gasteiger partial charge on any atom is -0.370 e. The molecule has 0 amide bonds. The van der Waals surface area contributed by atoms with E-state index in [4.69, 9.17) is 5.73 Å². The summed E-state index contributed by atoms with van der Waals surface area (Å²) in [5.74, 6) is 0. The Morgan fingerprint density at radius 1 is 1.38 bits per heavy atom. The molecule has 70 valence electrons. The largest absolute Gasteiger partial charge is 0.370 e. The lowest BCUT2D eigenvalue weighted by Crippen LogP contribution is -2.42. The monoisotopic (exact) mass is 177 g/mol. The van der Waals surface area contributed by atoms with Gasteiger partial charge in [0.15, 0.2) is 0 Å². The SMILES string of the molecule is N[C@@H]1CCCN(c2ccncc2)C1. The molecule has 1 aliphatic rings. The molecule has 0 bridgehead atoms. The molecular formula is C10H15N3. The third-order valence-corrected chi connectivity index (χ3v) is 2.49. The molecule has 3 nitrogen and oxygen atoms in total. The van der Waals surface area contributed by atoms with Crippen molar-refractivity contribution in [2.45, 2.75) is 18.9 Å². The minimum atomic E-state index is 0.335. The number of nitrogens with two attached hydrogens (primary N) is 1. The Balaban J connectivity index is 2.08. The number of hydrogen-bond acceptors (Lipinski definition) is 3. The quantitative estimate of drug-likeness (QED) is 0.696. The third kappa shape index (κ3) is 1.98. The summed E-state index contributed by atoms with van der Waals surface area (Å²) in [4.78, 5) is 6.33. The number of aromatic nitrogens is 1. The molecule has 2 N–H and O–H groups in total. The summed E-state index contributed by atoms with van der Waals surface area (Å²) in [5.41, 5.74) is 7.15. The zero-order valence-electron chi connectivity index (χ0n) is 7.69. The van der Waals surface area contributed by atoms with E-state index in [9.17, 15) is 0 Å². The van der Waals surface area contributed by atoms with Crippen LogP contribution >= 0.6 is 0 Å². The van der Waals surface area contributed by atoms with Gasteiger partial charge < -0.3 is 10.6 Å². The van der Waals surface area contributed by atoms with Crippen molar-refractivity contribution in [3.63, 3.8) is 0 Å². The van der Waals surface area contributed by atoms with E-state index < -0.39 is 0 Å². The zero-order valence-corrected chi connectivity index (χ0v) is 7.69. The fourth-order valence-electron chi connectivity index (χ4n) is 1.80.